The van der Waals surface area contributed by atoms with Gasteiger partial charge in [-0.15, -0.1) is 0 Å². The van der Waals surface area contributed by atoms with Crippen molar-refractivity contribution in [2.45, 2.75) is 50.7 Å². The molecule has 1 atom stereocenters. The van der Waals surface area contributed by atoms with E-state index in [4.69, 9.17) is 16.3 Å². The van der Waals surface area contributed by atoms with Crippen LogP contribution in [-0.2, 0) is 11.2 Å². The van der Waals surface area contributed by atoms with Crippen LogP contribution in [0.25, 0.3) is 0 Å². The molecule has 1 aromatic carbocycles. The Morgan fingerprint density at radius 2 is 2.11 bits per heavy atom. The smallest absolute Gasteiger partial charge is 0.123 e. The average molecular weight is 287 g/mol. The van der Waals surface area contributed by atoms with Crippen LogP contribution < -0.4 is 0 Å². The molecule has 1 N–H and O–H groups in total. The van der Waals surface area contributed by atoms with Crippen LogP contribution in [0.2, 0.25) is 5.02 Å². The van der Waals surface area contributed by atoms with Gasteiger partial charge in [0.15, 0.2) is 0 Å². The lowest BCUT2D eigenvalue weighted by molar-refractivity contribution is -0.115. The molecule has 0 saturated heterocycles. The van der Waals surface area contributed by atoms with Crippen molar-refractivity contribution in [3.8, 4) is 0 Å². The molecule has 2 rings (SSSR count). The van der Waals surface area contributed by atoms with Gasteiger partial charge in [-0.25, -0.2) is 4.39 Å². The minimum absolute atomic E-state index is 0.330. The number of benzene rings is 1. The predicted octanol–water partition coefficient (Wildman–Crippen LogP) is 3.73. The van der Waals surface area contributed by atoms with E-state index in [1.165, 1.54) is 18.2 Å². The lowest BCUT2D eigenvalue weighted by atomic mass is 9.89. The van der Waals surface area contributed by atoms with Crippen LogP contribution in [0.1, 0.15) is 38.2 Å². The quantitative estimate of drug-likeness (QED) is 0.894. The van der Waals surface area contributed by atoms with Crippen molar-refractivity contribution >= 4 is 11.6 Å². The van der Waals surface area contributed by atoms with Crippen LogP contribution in [0.3, 0.4) is 0 Å². The summed E-state index contributed by atoms with van der Waals surface area (Å²) in [6.07, 6.45) is 3.52. The zero-order valence-electron chi connectivity index (χ0n) is 11.2. The maximum absolute atomic E-state index is 13.2. The average Bonchev–Trinajstić information content (AvgIpc) is 2.84. The summed E-state index contributed by atoms with van der Waals surface area (Å²) < 4.78 is 19.1. The van der Waals surface area contributed by atoms with Crippen molar-refractivity contribution in [3.63, 3.8) is 0 Å². The number of rotatable bonds is 5. The number of hydrogen-bond acceptors (Lipinski definition) is 2. The van der Waals surface area contributed by atoms with Crippen LogP contribution in [0, 0.1) is 5.82 Å². The molecule has 0 bridgehead atoms. The zero-order valence-corrected chi connectivity index (χ0v) is 11.9. The van der Waals surface area contributed by atoms with E-state index in [1.807, 2.05) is 6.92 Å². The normalized spacial score (nSPS) is 19.6. The number of hydrogen-bond donors (Lipinski definition) is 1. The van der Waals surface area contributed by atoms with Crippen molar-refractivity contribution in [2.24, 2.45) is 0 Å². The maximum Gasteiger partial charge on any atom is 0.123 e. The molecule has 19 heavy (non-hydrogen) atoms. The number of ether oxygens (including phenoxy) is 1. The summed E-state index contributed by atoms with van der Waals surface area (Å²) >= 11 is 6.05. The fourth-order valence-corrected chi connectivity index (χ4v) is 3.12. The summed E-state index contributed by atoms with van der Waals surface area (Å²) in [5.74, 6) is -0.330. The van der Waals surface area contributed by atoms with Crippen LogP contribution in [0.5, 0.6) is 0 Å². The van der Waals surface area contributed by atoms with E-state index in [9.17, 15) is 9.50 Å². The Labute approximate surface area is 118 Å². The molecular formula is C15H20ClFO2. The first-order chi connectivity index (χ1) is 9.07. The highest BCUT2D eigenvalue weighted by Gasteiger charge is 2.41. The van der Waals surface area contributed by atoms with Gasteiger partial charge < -0.3 is 9.84 Å². The molecule has 0 amide bonds. The molecule has 2 nitrogen and oxygen atoms in total. The fraction of sp³-hybridized carbons (Fsp3) is 0.600. The summed E-state index contributed by atoms with van der Waals surface area (Å²) in [6.45, 7) is 2.51. The molecule has 0 heterocycles. The van der Waals surface area contributed by atoms with Crippen LogP contribution in [-0.4, -0.2) is 23.4 Å². The van der Waals surface area contributed by atoms with Gasteiger partial charge in [-0.2, -0.15) is 0 Å². The summed E-state index contributed by atoms with van der Waals surface area (Å²) in [5.41, 5.74) is 0.157. The van der Waals surface area contributed by atoms with Gasteiger partial charge in [-0.1, -0.05) is 24.4 Å². The Morgan fingerprint density at radius 1 is 1.42 bits per heavy atom. The largest absolute Gasteiger partial charge is 0.390 e. The SMILES string of the molecule is CCOC1(C(O)Cc2cc(F)ccc2Cl)CCCC1. The second kappa shape index (κ2) is 6.21. The first kappa shape index (κ1) is 14.8. The van der Waals surface area contributed by atoms with Gasteiger partial charge in [0.05, 0.1) is 11.7 Å². The van der Waals surface area contributed by atoms with E-state index in [0.717, 1.165) is 25.7 Å². The third-order valence-corrected chi connectivity index (χ3v) is 4.28. The predicted molar refractivity (Wildman–Crippen MR) is 73.9 cm³/mol. The number of aliphatic hydroxyl groups is 1. The molecule has 1 aromatic rings. The van der Waals surface area contributed by atoms with Crippen LogP contribution in [0.4, 0.5) is 4.39 Å². The van der Waals surface area contributed by atoms with Gasteiger partial charge in [0.25, 0.3) is 0 Å². The van der Waals surface area contributed by atoms with E-state index in [0.29, 0.717) is 23.6 Å². The van der Waals surface area contributed by atoms with Crippen LogP contribution in [0.15, 0.2) is 18.2 Å². The van der Waals surface area contributed by atoms with E-state index < -0.39 is 11.7 Å². The molecule has 0 radical (unpaired) electrons. The minimum Gasteiger partial charge on any atom is -0.390 e. The topological polar surface area (TPSA) is 29.5 Å². The Bertz CT molecular complexity index is 430. The monoisotopic (exact) mass is 286 g/mol. The molecule has 1 unspecified atom stereocenters. The highest BCUT2D eigenvalue weighted by atomic mass is 35.5. The standard InChI is InChI=1S/C15H20ClFO2/c1-2-19-15(7-3-4-8-15)14(18)10-11-9-12(17)5-6-13(11)16/h5-6,9,14,18H,2-4,7-8,10H2,1H3. The highest BCUT2D eigenvalue weighted by molar-refractivity contribution is 6.31. The molecule has 1 fully saturated rings. The number of aliphatic hydroxyl groups excluding tert-OH is 1. The molecule has 1 aliphatic carbocycles. The van der Waals surface area contributed by atoms with Crippen molar-refractivity contribution < 1.29 is 14.2 Å². The molecule has 1 saturated carbocycles. The van der Waals surface area contributed by atoms with Gasteiger partial charge in [-0.3, -0.25) is 0 Å². The minimum atomic E-state index is -0.644. The summed E-state index contributed by atoms with van der Waals surface area (Å²) in [5, 5.41) is 11.0. The Hall–Kier alpha value is -0.640. The summed E-state index contributed by atoms with van der Waals surface area (Å²) in [4.78, 5) is 0. The van der Waals surface area contributed by atoms with Crippen LogP contribution >= 0.6 is 11.6 Å². The third kappa shape index (κ3) is 3.28. The molecule has 1 aliphatic rings. The second-order valence-corrected chi connectivity index (χ2v) is 5.57. The fourth-order valence-electron chi connectivity index (χ4n) is 2.93. The van der Waals surface area contributed by atoms with Gasteiger partial charge in [-0.05, 0) is 43.5 Å². The molecule has 0 aliphatic heterocycles. The Balaban J connectivity index is 2.14. The first-order valence-electron chi connectivity index (χ1n) is 6.83. The third-order valence-electron chi connectivity index (χ3n) is 3.91. The van der Waals surface area contributed by atoms with E-state index in [-0.39, 0.29) is 5.82 Å². The van der Waals surface area contributed by atoms with Crippen molar-refractivity contribution in [3.05, 3.63) is 34.6 Å². The Kier molecular flexibility index (Phi) is 4.82. The van der Waals surface area contributed by atoms with Gasteiger partial charge in [0, 0.05) is 18.1 Å². The van der Waals surface area contributed by atoms with E-state index in [1.54, 1.807) is 0 Å². The molecular weight excluding hydrogens is 267 g/mol. The lowest BCUT2D eigenvalue weighted by Crippen LogP contribution is -2.43. The molecule has 0 spiro atoms. The lowest BCUT2D eigenvalue weighted by Gasteiger charge is -2.34. The van der Waals surface area contributed by atoms with Gasteiger partial charge in [0.2, 0.25) is 0 Å². The zero-order chi connectivity index (χ0) is 13.9. The maximum atomic E-state index is 13.2. The van der Waals surface area contributed by atoms with E-state index >= 15 is 0 Å². The van der Waals surface area contributed by atoms with Gasteiger partial charge >= 0.3 is 0 Å². The molecule has 0 aromatic heterocycles. The van der Waals surface area contributed by atoms with Gasteiger partial charge in [0.1, 0.15) is 5.82 Å². The highest BCUT2D eigenvalue weighted by Crippen LogP contribution is 2.38. The van der Waals surface area contributed by atoms with E-state index in [2.05, 4.69) is 0 Å². The summed E-state index contributed by atoms with van der Waals surface area (Å²) in [6, 6.07) is 4.24. The first-order valence-corrected chi connectivity index (χ1v) is 7.21. The van der Waals surface area contributed by atoms with Crippen molar-refractivity contribution in [2.75, 3.05) is 6.61 Å². The summed E-state index contributed by atoms with van der Waals surface area (Å²) in [7, 11) is 0. The number of halogens is 2. The molecule has 106 valence electrons. The Morgan fingerprint density at radius 3 is 2.74 bits per heavy atom. The van der Waals surface area contributed by atoms with Crippen molar-refractivity contribution in [1.82, 2.24) is 0 Å². The molecule has 4 heteroatoms. The second-order valence-electron chi connectivity index (χ2n) is 5.16. The van der Waals surface area contributed by atoms with Crippen molar-refractivity contribution in [1.29, 1.82) is 0 Å².